The van der Waals surface area contributed by atoms with Crippen LogP contribution in [-0.4, -0.2) is 32.2 Å². The molecule has 134 valence electrons. The van der Waals surface area contributed by atoms with Crippen LogP contribution in [0.4, 0.5) is 8.78 Å². The van der Waals surface area contributed by atoms with E-state index < -0.39 is 25.1 Å². The summed E-state index contributed by atoms with van der Waals surface area (Å²) in [6, 6.07) is 6.92. The van der Waals surface area contributed by atoms with E-state index in [1.54, 1.807) is 12.1 Å². The third-order valence-electron chi connectivity index (χ3n) is 2.99. The van der Waals surface area contributed by atoms with Gasteiger partial charge >= 0.3 is 12.6 Å². The molecule has 0 unspecified atom stereocenters. The van der Waals surface area contributed by atoms with E-state index in [0.29, 0.717) is 5.76 Å². The molecule has 0 aliphatic heterocycles. The first-order valence-corrected chi connectivity index (χ1v) is 7.08. The van der Waals surface area contributed by atoms with Crippen molar-refractivity contribution >= 4 is 11.9 Å². The van der Waals surface area contributed by atoms with Gasteiger partial charge in [0, 0.05) is 0 Å². The minimum Gasteiger partial charge on any atom is -0.493 e. The van der Waals surface area contributed by atoms with Crippen LogP contribution in [0.25, 0.3) is 0 Å². The van der Waals surface area contributed by atoms with Gasteiger partial charge in [0.2, 0.25) is 0 Å². The summed E-state index contributed by atoms with van der Waals surface area (Å²) in [5.74, 6) is -1.05. The monoisotopic (exact) mass is 355 g/mol. The first kappa shape index (κ1) is 18.2. The first-order chi connectivity index (χ1) is 12.0. The van der Waals surface area contributed by atoms with Crippen LogP contribution in [0.2, 0.25) is 0 Å². The minimum atomic E-state index is -3.02. The summed E-state index contributed by atoms with van der Waals surface area (Å²) in [6.45, 7) is -3.36. The molecule has 2 rings (SSSR count). The number of rotatable bonds is 8. The molecule has 0 fully saturated rings. The lowest BCUT2D eigenvalue weighted by Crippen LogP contribution is -2.28. The molecular weight excluding hydrogens is 340 g/mol. The lowest BCUT2D eigenvalue weighted by Gasteiger charge is -2.11. The second-order valence-corrected chi connectivity index (χ2v) is 4.68. The smallest absolute Gasteiger partial charge is 0.387 e. The molecule has 0 saturated heterocycles. The second-order valence-electron chi connectivity index (χ2n) is 4.68. The Bertz CT molecular complexity index is 717. The molecule has 0 bridgehead atoms. The van der Waals surface area contributed by atoms with Crippen molar-refractivity contribution in [1.29, 1.82) is 0 Å². The van der Waals surface area contributed by atoms with Crippen molar-refractivity contribution in [2.24, 2.45) is 0 Å². The molecule has 1 aromatic heterocycles. The molecule has 2 aromatic rings. The third kappa shape index (κ3) is 5.48. The number of carbonyl (C=O) groups is 2. The highest BCUT2D eigenvalue weighted by atomic mass is 19.3. The van der Waals surface area contributed by atoms with Gasteiger partial charge in [-0.15, -0.1) is 0 Å². The molecular formula is C16H15F2NO6. The third-order valence-corrected chi connectivity index (χ3v) is 2.99. The van der Waals surface area contributed by atoms with Crippen molar-refractivity contribution in [1.82, 2.24) is 5.32 Å². The van der Waals surface area contributed by atoms with Crippen LogP contribution in [0.3, 0.4) is 0 Å². The second kappa shape index (κ2) is 8.67. The number of nitrogens with one attached hydrogen (secondary N) is 1. The fourth-order valence-corrected chi connectivity index (χ4v) is 1.85. The van der Waals surface area contributed by atoms with Crippen molar-refractivity contribution in [2.75, 3.05) is 13.7 Å². The summed E-state index contributed by atoms with van der Waals surface area (Å²) >= 11 is 0. The first-order valence-electron chi connectivity index (χ1n) is 7.08. The van der Waals surface area contributed by atoms with Crippen molar-refractivity contribution in [2.45, 2.75) is 13.2 Å². The molecule has 0 radical (unpaired) electrons. The van der Waals surface area contributed by atoms with Gasteiger partial charge in [-0.05, 0) is 30.3 Å². The maximum atomic E-state index is 12.3. The average molecular weight is 355 g/mol. The number of amides is 1. The summed E-state index contributed by atoms with van der Waals surface area (Å²) in [7, 11) is 1.24. The number of hydrogen-bond acceptors (Lipinski definition) is 6. The van der Waals surface area contributed by atoms with Crippen molar-refractivity contribution in [3.05, 3.63) is 47.9 Å². The lowest BCUT2D eigenvalue weighted by molar-refractivity contribution is -0.124. The summed E-state index contributed by atoms with van der Waals surface area (Å²) in [5, 5.41) is 2.51. The number of esters is 1. The fraction of sp³-hybridized carbons (Fsp3) is 0.250. The topological polar surface area (TPSA) is 87.0 Å². The van der Waals surface area contributed by atoms with Crippen LogP contribution in [0.15, 0.2) is 41.0 Å². The Hall–Kier alpha value is -3.10. The quantitative estimate of drug-likeness (QED) is 0.732. The van der Waals surface area contributed by atoms with Gasteiger partial charge in [0.15, 0.2) is 18.1 Å². The highest BCUT2D eigenvalue weighted by molar-refractivity contribution is 5.92. The van der Waals surface area contributed by atoms with Crippen LogP contribution in [0, 0.1) is 0 Å². The minimum absolute atomic E-state index is 0.0253. The molecule has 0 aliphatic carbocycles. The zero-order valence-corrected chi connectivity index (χ0v) is 13.2. The van der Waals surface area contributed by atoms with Crippen molar-refractivity contribution < 1.29 is 37.0 Å². The van der Waals surface area contributed by atoms with Crippen LogP contribution in [0.1, 0.15) is 16.1 Å². The number of ether oxygens (including phenoxy) is 3. The number of methoxy groups -OCH3 is 1. The zero-order valence-electron chi connectivity index (χ0n) is 13.2. The van der Waals surface area contributed by atoms with E-state index in [0.717, 1.165) is 6.07 Å². The van der Waals surface area contributed by atoms with E-state index in [1.165, 1.54) is 25.5 Å². The van der Waals surface area contributed by atoms with E-state index in [2.05, 4.69) is 10.1 Å². The van der Waals surface area contributed by atoms with Gasteiger partial charge in [0.1, 0.15) is 5.76 Å². The number of halogens is 2. The number of benzene rings is 1. The van der Waals surface area contributed by atoms with Crippen LogP contribution in [-0.2, 0) is 16.1 Å². The predicted molar refractivity (Wildman–Crippen MR) is 80.5 cm³/mol. The Morgan fingerprint density at radius 1 is 1.24 bits per heavy atom. The van der Waals surface area contributed by atoms with E-state index >= 15 is 0 Å². The number of alkyl halides is 2. The molecule has 0 atom stereocenters. The number of hydrogen-bond donors (Lipinski definition) is 1. The van der Waals surface area contributed by atoms with E-state index in [9.17, 15) is 18.4 Å². The highest BCUT2D eigenvalue weighted by Gasteiger charge is 2.16. The number of carbonyl (C=O) groups excluding carboxylic acids is 2. The molecule has 9 heteroatoms. The summed E-state index contributed by atoms with van der Waals surface area (Å²) in [5.41, 5.74) is 0.0253. The maximum absolute atomic E-state index is 12.3. The van der Waals surface area contributed by atoms with Gasteiger partial charge in [-0.1, -0.05) is 0 Å². The molecule has 25 heavy (non-hydrogen) atoms. The van der Waals surface area contributed by atoms with Gasteiger partial charge in [0.25, 0.3) is 5.91 Å². The van der Waals surface area contributed by atoms with Crippen LogP contribution in [0.5, 0.6) is 11.5 Å². The summed E-state index contributed by atoms with van der Waals surface area (Å²) in [4.78, 5) is 23.5. The van der Waals surface area contributed by atoms with Gasteiger partial charge in [-0.3, -0.25) is 4.79 Å². The van der Waals surface area contributed by atoms with Crippen molar-refractivity contribution in [3.8, 4) is 11.5 Å². The Labute approximate surface area is 141 Å². The van der Waals surface area contributed by atoms with Gasteiger partial charge < -0.3 is 23.9 Å². The van der Waals surface area contributed by atoms with Crippen molar-refractivity contribution in [3.63, 3.8) is 0 Å². The van der Waals surface area contributed by atoms with Crippen LogP contribution < -0.4 is 14.8 Å². The largest absolute Gasteiger partial charge is 0.493 e. The Morgan fingerprint density at radius 2 is 2.04 bits per heavy atom. The summed E-state index contributed by atoms with van der Waals surface area (Å²) < 4.78 is 43.6. The molecule has 0 aliphatic rings. The number of furan rings is 1. The van der Waals surface area contributed by atoms with E-state index in [4.69, 9.17) is 13.9 Å². The maximum Gasteiger partial charge on any atom is 0.387 e. The molecule has 0 spiro atoms. The summed E-state index contributed by atoms with van der Waals surface area (Å²) in [6.07, 6.45) is 1.47. The van der Waals surface area contributed by atoms with Crippen LogP contribution >= 0.6 is 0 Å². The van der Waals surface area contributed by atoms with Gasteiger partial charge in [-0.25, -0.2) is 4.79 Å². The molecule has 1 aromatic carbocycles. The van der Waals surface area contributed by atoms with E-state index in [-0.39, 0.29) is 23.6 Å². The average Bonchev–Trinajstić information content (AvgIpc) is 3.11. The normalized spacial score (nSPS) is 10.4. The fourth-order valence-electron chi connectivity index (χ4n) is 1.85. The SMILES string of the molecule is COc1cc(C(=O)OCC(=O)NCc2ccco2)ccc1OC(F)F. The highest BCUT2D eigenvalue weighted by Crippen LogP contribution is 2.29. The molecule has 0 saturated carbocycles. The standard InChI is InChI=1S/C16H15F2NO6/c1-22-13-7-10(4-5-12(13)25-16(17)18)15(21)24-9-14(20)19-8-11-3-2-6-23-11/h2-7,16H,8-9H2,1H3,(H,19,20). The zero-order chi connectivity index (χ0) is 18.2. The van der Waals surface area contributed by atoms with E-state index in [1.807, 2.05) is 0 Å². The Balaban J connectivity index is 1.88. The molecule has 1 heterocycles. The Kier molecular flexibility index (Phi) is 6.33. The van der Waals surface area contributed by atoms with Gasteiger partial charge in [-0.2, -0.15) is 8.78 Å². The Morgan fingerprint density at radius 3 is 2.68 bits per heavy atom. The molecule has 1 N–H and O–H groups in total. The predicted octanol–water partition coefficient (Wildman–Crippen LogP) is 2.36. The molecule has 1 amide bonds. The lowest BCUT2D eigenvalue weighted by atomic mass is 10.2. The molecule has 7 nitrogen and oxygen atoms in total. The van der Waals surface area contributed by atoms with Gasteiger partial charge in [0.05, 0.1) is 25.5 Å².